The van der Waals surface area contributed by atoms with E-state index in [0.29, 0.717) is 18.8 Å². The van der Waals surface area contributed by atoms with Crippen LogP contribution in [0.4, 0.5) is 0 Å². The normalized spacial score (nSPS) is 17.9. The van der Waals surface area contributed by atoms with Gasteiger partial charge in [-0.15, -0.1) is 0 Å². The minimum atomic E-state index is -0.324. The molecule has 0 spiro atoms. The van der Waals surface area contributed by atoms with Gasteiger partial charge < -0.3 is 14.5 Å². The van der Waals surface area contributed by atoms with Crippen LogP contribution in [0.25, 0.3) is 11.1 Å². The van der Waals surface area contributed by atoms with Gasteiger partial charge in [0.2, 0.25) is 0 Å². The molecule has 18 heavy (non-hydrogen) atoms. The Bertz CT molecular complexity index is 637. The van der Waals surface area contributed by atoms with Gasteiger partial charge in [0.25, 0.3) is 0 Å². The molecule has 0 amide bonds. The minimum Gasteiger partial charge on any atom is -0.408 e. The van der Waals surface area contributed by atoms with Gasteiger partial charge >= 0.3 is 5.76 Å². The third-order valence-electron chi connectivity index (χ3n) is 3.68. The first-order valence-corrected chi connectivity index (χ1v) is 5.99. The Labute approximate surface area is 104 Å². The number of rotatable bonds is 3. The second kappa shape index (κ2) is 3.96. The number of aromatic nitrogens is 1. The van der Waals surface area contributed by atoms with E-state index in [1.165, 1.54) is 10.1 Å². The zero-order valence-electron chi connectivity index (χ0n) is 10.5. The van der Waals surface area contributed by atoms with Crippen molar-refractivity contribution in [2.24, 2.45) is 7.05 Å². The first-order valence-electron chi connectivity index (χ1n) is 5.99. The summed E-state index contributed by atoms with van der Waals surface area (Å²) in [6, 6.07) is 5.91. The number of nitrogens with zero attached hydrogens (tertiary/aromatic N) is 1. The van der Waals surface area contributed by atoms with Gasteiger partial charge in [-0.05, 0) is 24.7 Å². The molecule has 1 aromatic carbocycles. The Morgan fingerprint density at radius 3 is 2.83 bits per heavy atom. The number of nitrogens with one attached hydrogen (secondary N) is 1. The molecule has 1 N–H and O–H groups in total. The zero-order valence-corrected chi connectivity index (χ0v) is 10.5. The van der Waals surface area contributed by atoms with Crippen LogP contribution in [0.15, 0.2) is 27.4 Å². The molecule has 0 aliphatic carbocycles. The summed E-state index contributed by atoms with van der Waals surface area (Å²) in [5, 5.41) is 3.20. The summed E-state index contributed by atoms with van der Waals surface area (Å²) in [6.45, 7) is 2.29. The summed E-state index contributed by atoms with van der Waals surface area (Å²) >= 11 is 0. The monoisotopic (exact) mass is 248 g/mol. The maximum atomic E-state index is 11.5. The molecule has 2 aromatic rings. The molecule has 5 heteroatoms. The van der Waals surface area contributed by atoms with Gasteiger partial charge in [-0.1, -0.05) is 6.07 Å². The van der Waals surface area contributed by atoms with E-state index >= 15 is 0 Å². The summed E-state index contributed by atoms with van der Waals surface area (Å²) in [5.41, 5.74) is 2.67. The topological polar surface area (TPSA) is 56.4 Å². The predicted octanol–water partition coefficient (Wildman–Crippen LogP) is 0.619. The zero-order chi connectivity index (χ0) is 12.8. The van der Waals surface area contributed by atoms with Gasteiger partial charge in [-0.2, -0.15) is 0 Å². The molecular weight excluding hydrogens is 232 g/mol. The number of ether oxygens (including phenoxy) is 1. The average molecular weight is 248 g/mol. The summed E-state index contributed by atoms with van der Waals surface area (Å²) in [4.78, 5) is 11.5. The van der Waals surface area contributed by atoms with Crippen LogP contribution in [0.5, 0.6) is 0 Å². The van der Waals surface area contributed by atoms with E-state index in [4.69, 9.17) is 9.15 Å². The van der Waals surface area contributed by atoms with Crippen LogP contribution in [0.1, 0.15) is 5.56 Å². The van der Waals surface area contributed by atoms with Crippen molar-refractivity contribution in [2.45, 2.75) is 5.41 Å². The number of hydrogen-bond donors (Lipinski definition) is 1. The van der Waals surface area contributed by atoms with Crippen LogP contribution >= 0.6 is 0 Å². The minimum absolute atomic E-state index is 0.0241. The Morgan fingerprint density at radius 2 is 2.22 bits per heavy atom. The Kier molecular flexibility index (Phi) is 2.53. The predicted molar refractivity (Wildman–Crippen MR) is 67.9 cm³/mol. The highest BCUT2D eigenvalue weighted by Crippen LogP contribution is 2.33. The smallest absolute Gasteiger partial charge is 0.408 e. The molecule has 1 aliphatic rings. The van der Waals surface area contributed by atoms with Crippen molar-refractivity contribution in [3.8, 4) is 0 Å². The number of oxazole rings is 1. The number of fused-ring (bicyclic) bond motifs is 1. The Hall–Kier alpha value is -1.59. The maximum absolute atomic E-state index is 11.5. The van der Waals surface area contributed by atoms with E-state index in [1.54, 1.807) is 7.05 Å². The van der Waals surface area contributed by atoms with Crippen molar-refractivity contribution < 1.29 is 9.15 Å². The van der Waals surface area contributed by atoms with E-state index in [2.05, 4.69) is 5.32 Å². The fourth-order valence-electron chi connectivity index (χ4n) is 2.51. The molecular formula is C13H16N2O3. The molecule has 1 saturated heterocycles. The lowest BCUT2D eigenvalue weighted by Gasteiger charge is -2.41. The van der Waals surface area contributed by atoms with E-state index in [1.807, 2.05) is 25.2 Å². The van der Waals surface area contributed by atoms with Crippen LogP contribution in [0, 0.1) is 0 Å². The fraction of sp³-hybridized carbons (Fsp3) is 0.462. The average Bonchev–Trinajstić information content (AvgIpc) is 2.60. The number of hydrogen-bond acceptors (Lipinski definition) is 4. The van der Waals surface area contributed by atoms with Crippen molar-refractivity contribution in [1.82, 2.24) is 9.88 Å². The fourth-order valence-corrected chi connectivity index (χ4v) is 2.51. The van der Waals surface area contributed by atoms with Gasteiger partial charge in [-0.25, -0.2) is 4.79 Å². The van der Waals surface area contributed by atoms with Gasteiger partial charge in [0.15, 0.2) is 5.58 Å². The van der Waals surface area contributed by atoms with Crippen molar-refractivity contribution in [2.75, 3.05) is 26.8 Å². The Balaban J connectivity index is 2.12. The third kappa shape index (κ3) is 1.51. The molecule has 0 radical (unpaired) electrons. The first kappa shape index (κ1) is 11.5. The van der Waals surface area contributed by atoms with Crippen molar-refractivity contribution >= 4 is 11.1 Å². The third-order valence-corrected chi connectivity index (χ3v) is 3.68. The van der Waals surface area contributed by atoms with Crippen LogP contribution in [-0.2, 0) is 17.2 Å². The Morgan fingerprint density at radius 1 is 1.44 bits per heavy atom. The van der Waals surface area contributed by atoms with Crippen LogP contribution in [0.3, 0.4) is 0 Å². The molecule has 3 rings (SSSR count). The summed E-state index contributed by atoms with van der Waals surface area (Å²) < 4.78 is 12.0. The van der Waals surface area contributed by atoms with Gasteiger partial charge in [0.05, 0.1) is 24.1 Å². The SMILES string of the molecule is CNCC1(c2ccc3oc(=O)n(C)c3c2)COC1. The van der Waals surface area contributed by atoms with Crippen molar-refractivity contribution in [3.63, 3.8) is 0 Å². The molecule has 5 nitrogen and oxygen atoms in total. The van der Waals surface area contributed by atoms with Crippen LogP contribution in [-0.4, -0.2) is 31.4 Å². The number of aryl methyl sites for hydroxylation is 1. The molecule has 0 atom stereocenters. The van der Waals surface area contributed by atoms with E-state index < -0.39 is 0 Å². The summed E-state index contributed by atoms with van der Waals surface area (Å²) in [7, 11) is 3.66. The molecule has 2 heterocycles. The largest absolute Gasteiger partial charge is 0.419 e. The highest BCUT2D eigenvalue weighted by molar-refractivity contribution is 5.74. The lowest BCUT2D eigenvalue weighted by molar-refractivity contribution is -0.0582. The van der Waals surface area contributed by atoms with Gasteiger partial charge in [-0.3, -0.25) is 4.57 Å². The lowest BCUT2D eigenvalue weighted by atomic mass is 9.78. The second-order valence-electron chi connectivity index (χ2n) is 4.91. The van der Waals surface area contributed by atoms with E-state index in [0.717, 1.165) is 12.1 Å². The second-order valence-corrected chi connectivity index (χ2v) is 4.91. The summed E-state index contributed by atoms with van der Waals surface area (Å²) in [6.07, 6.45) is 0. The molecule has 0 bridgehead atoms. The quantitative estimate of drug-likeness (QED) is 0.865. The summed E-state index contributed by atoms with van der Waals surface area (Å²) in [5.74, 6) is -0.324. The maximum Gasteiger partial charge on any atom is 0.419 e. The van der Waals surface area contributed by atoms with E-state index in [9.17, 15) is 4.79 Å². The van der Waals surface area contributed by atoms with E-state index in [-0.39, 0.29) is 11.2 Å². The van der Waals surface area contributed by atoms with Crippen LogP contribution in [0.2, 0.25) is 0 Å². The highest BCUT2D eigenvalue weighted by atomic mass is 16.5. The molecule has 1 aromatic heterocycles. The first-order chi connectivity index (χ1) is 8.66. The molecule has 0 unspecified atom stereocenters. The molecule has 1 fully saturated rings. The van der Waals surface area contributed by atoms with Gasteiger partial charge in [0.1, 0.15) is 0 Å². The van der Waals surface area contributed by atoms with Crippen molar-refractivity contribution in [3.05, 3.63) is 34.3 Å². The molecule has 0 saturated carbocycles. The molecule has 1 aliphatic heterocycles. The highest BCUT2D eigenvalue weighted by Gasteiger charge is 2.40. The van der Waals surface area contributed by atoms with Crippen molar-refractivity contribution in [1.29, 1.82) is 0 Å². The number of benzene rings is 1. The van der Waals surface area contributed by atoms with Gasteiger partial charge in [0, 0.05) is 13.6 Å². The standard InChI is InChI=1S/C13H16N2O3/c1-14-6-13(7-17-8-13)9-3-4-11-10(5-9)15(2)12(16)18-11/h3-5,14H,6-8H2,1-2H3. The lowest BCUT2D eigenvalue weighted by Crippen LogP contribution is -2.52. The number of likely N-dealkylation sites (N-methyl/N-ethyl adjacent to an activating group) is 1. The molecule has 96 valence electrons. The van der Waals surface area contributed by atoms with Crippen LogP contribution < -0.4 is 11.1 Å².